The van der Waals surface area contributed by atoms with Crippen LogP contribution in [0, 0.1) is 14.9 Å². The summed E-state index contributed by atoms with van der Waals surface area (Å²) in [4.78, 5) is 92.3. The van der Waals surface area contributed by atoms with Gasteiger partial charge < -0.3 is 45.1 Å². The molecule has 0 spiro atoms. The standard InChI is InChI=1S/C16H23NO2.5C15H21NO2.2C3H8.2CH3.10ClH.2Ni.2Ti.2Zr/c1-10(2)13-8-7-9-14(11(3)4)15(13)17-12(5)16(18)19-6;5*1-9(2)12-7-6-8-13(10(3)4)14(12)16-11(5)15(17)18;2*1-3-2;;;;;;;;;;;;;;;;;;/h7-11H,1-6H3;5*6-10H,1-5H3,(H,17,18);2*3H2,1-2H3;2*1H3;10*1H;;;;;;/q;;;;;;;;2*-1;;;;;;;;;;;;;+2;+3;+2;+3/p-10. The van der Waals surface area contributed by atoms with Crippen molar-refractivity contribution in [3.8, 4) is 0 Å². The Bertz CT molecular complexity index is 3840. The van der Waals surface area contributed by atoms with E-state index in [1.807, 2.05) is 91.0 Å². The Balaban J connectivity index is -0.000000163. The van der Waals surface area contributed by atoms with E-state index in [2.05, 4.69) is 242 Å². The zero-order chi connectivity index (χ0) is 102. The van der Waals surface area contributed by atoms with Crippen LogP contribution in [0.2, 0.25) is 0 Å². The average Bonchev–Trinajstić information content (AvgIpc) is 0.848. The number of methoxy groups -OCH3 is 1. The molecule has 0 aliphatic rings. The van der Waals surface area contributed by atoms with Crippen LogP contribution in [0.1, 0.15) is 386 Å². The van der Waals surface area contributed by atoms with Gasteiger partial charge in [0.15, 0.2) is 0 Å². The number of hydrogen-bond acceptors (Lipinski definition) is 13. The maximum atomic E-state index is 11.5. The van der Waals surface area contributed by atoms with E-state index in [0.717, 1.165) is 101 Å². The van der Waals surface area contributed by atoms with Crippen molar-refractivity contribution in [3.05, 3.63) is 191 Å². The summed E-state index contributed by atoms with van der Waals surface area (Å²) in [5, 5.41) is 44.9. The van der Waals surface area contributed by atoms with Gasteiger partial charge in [0.25, 0.3) is 0 Å². The van der Waals surface area contributed by atoms with Crippen molar-refractivity contribution in [1.82, 2.24) is 0 Å². The number of nitrogens with zero attached hydrogens (tertiary/aromatic N) is 6. The molecule has 0 saturated heterocycles. The number of aliphatic carboxylic acids is 5. The first-order valence-electron chi connectivity index (χ1n) is 42.6. The van der Waals surface area contributed by atoms with Gasteiger partial charge >= 0.3 is 196 Å². The number of hydrogen-bond donors (Lipinski definition) is 5. The predicted octanol–water partition coefficient (Wildman–Crippen LogP) is 35.4. The first-order chi connectivity index (χ1) is 59.7. The molecule has 0 heterocycles. The van der Waals surface area contributed by atoms with Gasteiger partial charge in [-0.2, -0.15) is 0 Å². The Morgan fingerprint density at radius 1 is 0.316 bits per heavy atom. The van der Waals surface area contributed by atoms with Crippen LogP contribution in [0.5, 0.6) is 0 Å². The molecule has 133 heavy (non-hydrogen) atoms. The van der Waals surface area contributed by atoms with Crippen molar-refractivity contribution in [2.45, 2.75) is 319 Å². The summed E-state index contributed by atoms with van der Waals surface area (Å²) in [5.74, 6) is -1.27. The number of aliphatic imine (C=N–C) groups is 6. The number of carboxylic acids is 5. The topological polar surface area (TPSA) is 287 Å². The van der Waals surface area contributed by atoms with E-state index in [0.29, 0.717) is 76.7 Å². The zero-order valence-corrected chi connectivity index (χ0v) is 102. The minimum Gasteiger partial charge on any atom is 0 e. The second-order valence-electron chi connectivity index (χ2n) is 32.8. The van der Waals surface area contributed by atoms with Crippen molar-refractivity contribution in [1.29, 1.82) is 0 Å². The quantitative estimate of drug-likeness (QED) is 0.0164. The molecule has 0 fully saturated rings. The molecule has 0 bridgehead atoms. The van der Waals surface area contributed by atoms with Crippen LogP contribution < -0.4 is 0 Å². The molecule has 34 heteroatoms. The fourth-order valence-electron chi connectivity index (χ4n) is 11.3. The molecule has 6 rings (SSSR count). The third-order valence-corrected chi connectivity index (χ3v) is 17.8. The second kappa shape index (κ2) is 84.9. The van der Waals surface area contributed by atoms with Crippen LogP contribution >= 0.6 is 89.1 Å². The minimum absolute atomic E-state index is 0. The van der Waals surface area contributed by atoms with Crippen LogP contribution in [0.3, 0.4) is 0 Å². The van der Waals surface area contributed by atoms with E-state index in [4.69, 9.17) is 119 Å². The van der Waals surface area contributed by atoms with Crippen LogP contribution in [-0.4, -0.2) is 103 Å². The number of halogens is 10. The minimum atomic E-state index is -2.13. The third kappa shape index (κ3) is 65.1. The molecule has 0 amide bonds. The van der Waals surface area contributed by atoms with E-state index >= 15 is 0 Å². The van der Waals surface area contributed by atoms with Gasteiger partial charge in [-0.15, -0.1) is 0 Å². The fourth-order valence-corrected chi connectivity index (χ4v) is 11.3. The molecule has 18 nitrogen and oxygen atoms in total. The molecule has 756 valence electrons. The van der Waals surface area contributed by atoms with E-state index in [1.165, 1.54) is 54.6 Å². The molecule has 0 aromatic heterocycles. The van der Waals surface area contributed by atoms with E-state index in [-0.39, 0.29) is 82.4 Å². The Kier molecular flexibility index (Phi) is 96.0. The van der Waals surface area contributed by atoms with Crippen molar-refractivity contribution >= 4 is 193 Å². The van der Waals surface area contributed by atoms with Gasteiger partial charge in [-0.3, -0.25) is 0 Å². The molecule has 0 radical (unpaired) electrons. The summed E-state index contributed by atoms with van der Waals surface area (Å²) in [5.41, 5.74) is 19.4. The number of benzene rings is 6. The van der Waals surface area contributed by atoms with Crippen LogP contribution in [0.25, 0.3) is 0 Å². The Morgan fingerprint density at radius 3 is 0.466 bits per heavy atom. The largest absolute Gasteiger partial charge is 0 e. The van der Waals surface area contributed by atoms with Gasteiger partial charge in [-0.1, -0.05) is 316 Å². The van der Waals surface area contributed by atoms with E-state index in [1.54, 1.807) is 6.92 Å². The molecule has 6 aromatic carbocycles. The molecule has 0 aliphatic heterocycles. The molecular weight excluding hydrogens is 2220 g/mol. The first kappa shape index (κ1) is 150. The van der Waals surface area contributed by atoms with Crippen molar-refractivity contribution in [3.63, 3.8) is 0 Å². The Hall–Kier alpha value is -2.76. The summed E-state index contributed by atoms with van der Waals surface area (Å²) in [6.45, 7) is 68.2. The van der Waals surface area contributed by atoms with Crippen LogP contribution in [0.4, 0.5) is 34.1 Å². The van der Waals surface area contributed by atoms with Gasteiger partial charge in [-0.05, 0) is 179 Å². The number of carbonyl (C=O) groups excluding carboxylic acids is 1. The average molecular weight is 2370 g/mol. The maximum absolute atomic E-state index is 11.5. The van der Waals surface area contributed by atoms with Crippen LogP contribution in [-0.2, 0) is 137 Å². The molecule has 0 atom stereocenters. The first-order valence-corrected chi connectivity index (χ1v) is 69.2. The van der Waals surface area contributed by atoms with Gasteiger partial charge in [0.1, 0.15) is 34.3 Å². The van der Waals surface area contributed by atoms with Crippen LogP contribution in [0.15, 0.2) is 139 Å². The van der Waals surface area contributed by atoms with Gasteiger partial charge in [0.2, 0.25) is 0 Å². The third-order valence-electron chi connectivity index (χ3n) is 17.8. The van der Waals surface area contributed by atoms with Crippen molar-refractivity contribution in [2.75, 3.05) is 7.11 Å². The number of carbonyl (C=O) groups is 6. The smallest absolute Gasteiger partial charge is 0 e. The molecule has 0 saturated carbocycles. The SMILES string of the molecule is CC(=Nc1c(C(C)C)cccc1C(C)C)C(=O)O.CC(=Nc1c(C(C)C)cccc1C(C)C)C(=O)O.CC(=Nc1c(C(C)C)cccc1C(C)C)C(=O)O.CC(=Nc1c(C(C)C)cccc1C(C)C)C(=O)O.CC(=Nc1c(C(C)C)cccc1C(C)C)C(=O)O.CCC.CCC.COC(=O)C(C)=Nc1c(C(C)C)cccc1C(C)C.[CH3-].[CH3-].[Cl][Ti]([Cl])[Cl].[Cl][Ti][Cl].[Cl][Zr]([Cl])[Cl].[Cl][Zr][Cl].[Ni].[Ni]. The Labute approximate surface area is 892 Å². The summed E-state index contributed by atoms with van der Waals surface area (Å²) in [6, 6.07) is 36.4. The summed E-state index contributed by atoms with van der Waals surface area (Å²) < 4.78 is 4.72. The maximum Gasteiger partial charge on any atom is 0 e. The molecule has 0 aliphatic carbocycles. The molecule has 5 N–H and O–H groups in total. The summed E-state index contributed by atoms with van der Waals surface area (Å²) in [7, 11) is 50.9. The Morgan fingerprint density at radius 2 is 0.398 bits per heavy atom. The van der Waals surface area contributed by atoms with Crippen molar-refractivity contribution < 1.29 is 163 Å². The normalized spacial score (nSPS) is 10.9. The predicted molar refractivity (Wildman–Crippen MR) is 558 cm³/mol. The van der Waals surface area contributed by atoms with E-state index < -0.39 is 101 Å². The van der Waals surface area contributed by atoms with Crippen molar-refractivity contribution in [2.24, 2.45) is 30.0 Å². The summed E-state index contributed by atoms with van der Waals surface area (Å²) >= 11 is -5.42. The number of ether oxygens (including phenoxy) is 1. The zero-order valence-electron chi connectivity index (χ0n) is 84.9. The molecule has 0 unspecified atom stereocenters. The number of esters is 1. The summed E-state index contributed by atoms with van der Waals surface area (Å²) in [6.07, 6.45) is 2.50. The van der Waals surface area contributed by atoms with Gasteiger partial charge in [0, 0.05) is 33.0 Å². The number of rotatable bonds is 24. The molecular formula is C99H150Cl10N6Ni2O12Ti2Zr2-2. The monoisotopic (exact) mass is 2360 g/mol. The number of carboxylic acid groups (broad SMARTS) is 5. The van der Waals surface area contributed by atoms with Gasteiger partial charge in [-0.25, -0.2) is 58.7 Å². The van der Waals surface area contributed by atoms with E-state index in [9.17, 15) is 28.8 Å². The second-order valence-corrected chi connectivity index (χ2v) is 58.0. The number of para-hydroxylation sites is 6. The van der Waals surface area contributed by atoms with Gasteiger partial charge in [0.05, 0.1) is 41.2 Å². The molecule has 6 aromatic rings. The fraction of sp³-hybridized carbons (Fsp3) is 0.495.